The number of carbonyl (C=O) groups excluding carboxylic acids is 1. The van der Waals surface area contributed by atoms with Crippen molar-refractivity contribution in [1.29, 1.82) is 0 Å². The molecule has 23 heavy (non-hydrogen) atoms. The summed E-state index contributed by atoms with van der Waals surface area (Å²) in [4.78, 5) is 13.4. The molecule has 0 fully saturated rings. The van der Waals surface area contributed by atoms with E-state index in [9.17, 15) is 13.2 Å². The second-order valence-corrected chi connectivity index (χ2v) is 6.95. The summed E-state index contributed by atoms with van der Waals surface area (Å²) in [5.74, 6) is 0.399. The average Bonchev–Trinajstić information content (AvgIpc) is 3.15. The molecule has 2 heterocycles. The zero-order valence-corrected chi connectivity index (χ0v) is 13.3. The molecule has 0 spiro atoms. The number of amides is 1. The predicted octanol–water partition coefficient (Wildman–Crippen LogP) is -0.370. The summed E-state index contributed by atoms with van der Waals surface area (Å²) in [5.41, 5.74) is 1.64. The molecule has 0 saturated heterocycles. The first-order valence-electron chi connectivity index (χ1n) is 7.10. The third kappa shape index (κ3) is 3.22. The number of rotatable bonds is 5. The monoisotopic (exact) mass is 336 g/mol. The highest BCUT2D eigenvalue weighted by molar-refractivity contribution is 7.89. The van der Waals surface area contributed by atoms with Gasteiger partial charge in [0.1, 0.15) is 0 Å². The van der Waals surface area contributed by atoms with Crippen molar-refractivity contribution in [3.8, 4) is 0 Å². The maximum Gasteiger partial charge on any atom is 0.240 e. The van der Waals surface area contributed by atoms with Gasteiger partial charge in [0, 0.05) is 32.1 Å². The van der Waals surface area contributed by atoms with Crippen LogP contribution in [0.15, 0.2) is 23.1 Å². The number of hydrogen-bond donors (Lipinski definition) is 2. The van der Waals surface area contributed by atoms with Crippen molar-refractivity contribution in [3.63, 3.8) is 0 Å². The van der Waals surface area contributed by atoms with Gasteiger partial charge in [-0.3, -0.25) is 4.79 Å². The van der Waals surface area contributed by atoms with Crippen LogP contribution in [0.5, 0.6) is 0 Å². The predicted molar refractivity (Wildman–Crippen MR) is 81.2 cm³/mol. The molecule has 1 aromatic carbocycles. The van der Waals surface area contributed by atoms with E-state index < -0.39 is 10.0 Å². The molecule has 0 aliphatic carbocycles. The van der Waals surface area contributed by atoms with Gasteiger partial charge in [0.25, 0.3) is 0 Å². The summed E-state index contributed by atoms with van der Waals surface area (Å²) in [7, 11) is -3.61. The molecule has 0 radical (unpaired) electrons. The minimum absolute atomic E-state index is 0.0439. The van der Waals surface area contributed by atoms with Gasteiger partial charge in [-0.2, -0.15) is 5.21 Å². The highest BCUT2D eigenvalue weighted by Gasteiger charge is 2.24. The van der Waals surface area contributed by atoms with Crippen molar-refractivity contribution in [2.75, 3.05) is 18.0 Å². The Balaban J connectivity index is 1.72. The third-order valence-corrected chi connectivity index (χ3v) is 5.13. The number of fused-ring (bicyclic) bond motifs is 1. The highest BCUT2D eigenvalue weighted by Crippen LogP contribution is 2.30. The van der Waals surface area contributed by atoms with E-state index in [1.807, 2.05) is 0 Å². The fraction of sp³-hybridized carbons (Fsp3) is 0.385. The molecule has 10 heteroatoms. The largest absolute Gasteiger partial charge is 0.312 e. The first-order valence-corrected chi connectivity index (χ1v) is 8.59. The van der Waals surface area contributed by atoms with Crippen molar-refractivity contribution in [1.82, 2.24) is 25.3 Å². The van der Waals surface area contributed by atoms with Crippen LogP contribution in [-0.2, 0) is 27.7 Å². The molecular weight excluding hydrogens is 320 g/mol. The lowest BCUT2D eigenvalue weighted by Gasteiger charge is -2.15. The smallest absolute Gasteiger partial charge is 0.240 e. The van der Waals surface area contributed by atoms with Gasteiger partial charge in [-0.05, 0) is 30.2 Å². The second kappa shape index (κ2) is 6.05. The molecule has 0 atom stereocenters. The summed E-state index contributed by atoms with van der Waals surface area (Å²) in [6.07, 6.45) is 1.000. The van der Waals surface area contributed by atoms with Crippen molar-refractivity contribution < 1.29 is 13.2 Å². The minimum Gasteiger partial charge on any atom is -0.312 e. The van der Waals surface area contributed by atoms with Gasteiger partial charge in [-0.25, -0.2) is 13.1 Å². The van der Waals surface area contributed by atoms with E-state index >= 15 is 0 Å². The van der Waals surface area contributed by atoms with E-state index in [1.54, 1.807) is 17.0 Å². The number of sulfonamides is 1. The van der Waals surface area contributed by atoms with E-state index in [4.69, 9.17) is 0 Å². The van der Waals surface area contributed by atoms with Crippen LogP contribution in [0.1, 0.15) is 18.3 Å². The average molecular weight is 336 g/mol. The molecule has 1 aliphatic heterocycles. The van der Waals surface area contributed by atoms with Crippen LogP contribution in [-0.4, -0.2) is 48.0 Å². The molecule has 1 aromatic heterocycles. The summed E-state index contributed by atoms with van der Waals surface area (Å²) >= 11 is 0. The van der Waals surface area contributed by atoms with Crippen LogP contribution in [0.4, 0.5) is 5.69 Å². The molecule has 1 aliphatic rings. The molecule has 2 N–H and O–H groups in total. The Kier molecular flexibility index (Phi) is 4.09. The number of H-pyrrole nitrogens is 1. The molecule has 9 nitrogen and oxygen atoms in total. The number of tetrazole rings is 1. The van der Waals surface area contributed by atoms with Crippen molar-refractivity contribution >= 4 is 21.6 Å². The van der Waals surface area contributed by atoms with Gasteiger partial charge in [0.15, 0.2) is 5.82 Å². The van der Waals surface area contributed by atoms with Crippen LogP contribution in [0.3, 0.4) is 0 Å². The minimum atomic E-state index is -3.61. The second-order valence-electron chi connectivity index (χ2n) is 5.19. The van der Waals surface area contributed by atoms with E-state index in [2.05, 4.69) is 25.3 Å². The van der Waals surface area contributed by atoms with Gasteiger partial charge < -0.3 is 4.90 Å². The number of carbonyl (C=O) groups is 1. The van der Waals surface area contributed by atoms with Gasteiger partial charge in [0.05, 0.1) is 4.90 Å². The van der Waals surface area contributed by atoms with Crippen LogP contribution < -0.4 is 9.62 Å². The Hall–Kier alpha value is -2.33. The van der Waals surface area contributed by atoms with E-state index in [0.717, 1.165) is 11.3 Å². The summed E-state index contributed by atoms with van der Waals surface area (Å²) < 4.78 is 27.1. The van der Waals surface area contributed by atoms with Crippen molar-refractivity contribution in [3.05, 3.63) is 29.6 Å². The number of benzene rings is 1. The topological polar surface area (TPSA) is 121 Å². The number of aromatic amines is 1. The molecule has 122 valence electrons. The molecule has 3 rings (SSSR count). The molecule has 0 saturated carbocycles. The van der Waals surface area contributed by atoms with Gasteiger partial charge in [-0.1, -0.05) is 5.21 Å². The lowest BCUT2D eigenvalue weighted by atomic mass is 10.2. The molecule has 1 amide bonds. The normalized spacial score (nSPS) is 14.0. The van der Waals surface area contributed by atoms with Crippen LogP contribution >= 0.6 is 0 Å². The van der Waals surface area contributed by atoms with Crippen LogP contribution in [0.2, 0.25) is 0 Å². The summed E-state index contributed by atoms with van der Waals surface area (Å²) in [6, 6.07) is 4.81. The standard InChI is InChI=1S/C13H16N6O3S/c1-9(20)19-7-5-10-8-11(2-3-12(10)19)23(21,22)14-6-4-13-15-17-18-16-13/h2-3,8,14H,4-7H2,1H3,(H,15,16,17,18). The SMILES string of the molecule is CC(=O)N1CCc2cc(S(=O)(=O)NCCc3nn[nH]n3)ccc21. The lowest BCUT2D eigenvalue weighted by molar-refractivity contribution is -0.116. The summed E-state index contributed by atoms with van der Waals surface area (Å²) in [5, 5.41) is 13.2. The first-order chi connectivity index (χ1) is 11.0. The Bertz CT molecular complexity index is 818. The number of nitrogens with zero attached hydrogens (tertiary/aromatic N) is 4. The lowest BCUT2D eigenvalue weighted by Crippen LogP contribution is -2.27. The quantitative estimate of drug-likeness (QED) is 0.768. The van der Waals surface area contributed by atoms with Gasteiger partial charge in [-0.15, -0.1) is 10.2 Å². The fourth-order valence-electron chi connectivity index (χ4n) is 2.54. The van der Waals surface area contributed by atoms with E-state index in [0.29, 0.717) is 25.2 Å². The van der Waals surface area contributed by atoms with Crippen LogP contribution in [0, 0.1) is 0 Å². The fourth-order valence-corrected chi connectivity index (χ4v) is 3.62. The van der Waals surface area contributed by atoms with Gasteiger partial charge in [0.2, 0.25) is 15.9 Å². The maximum atomic E-state index is 12.3. The Morgan fingerprint density at radius 2 is 2.26 bits per heavy atom. The van der Waals surface area contributed by atoms with Crippen molar-refractivity contribution in [2.24, 2.45) is 0 Å². The van der Waals surface area contributed by atoms with E-state index in [-0.39, 0.29) is 17.3 Å². The highest BCUT2D eigenvalue weighted by atomic mass is 32.2. The van der Waals surface area contributed by atoms with Crippen LogP contribution in [0.25, 0.3) is 0 Å². The Morgan fingerprint density at radius 3 is 2.96 bits per heavy atom. The number of aromatic nitrogens is 4. The number of hydrogen-bond acceptors (Lipinski definition) is 6. The molecule has 2 aromatic rings. The Labute approximate surface area is 133 Å². The third-order valence-electron chi connectivity index (χ3n) is 3.67. The van der Waals surface area contributed by atoms with E-state index in [1.165, 1.54) is 13.0 Å². The first kappa shape index (κ1) is 15.6. The Morgan fingerprint density at radius 1 is 1.43 bits per heavy atom. The van der Waals surface area contributed by atoms with Crippen molar-refractivity contribution in [2.45, 2.75) is 24.7 Å². The van der Waals surface area contributed by atoms with Gasteiger partial charge >= 0.3 is 0 Å². The molecule has 0 unspecified atom stereocenters. The maximum absolute atomic E-state index is 12.3. The number of anilines is 1. The zero-order valence-electron chi connectivity index (χ0n) is 12.5. The molecular formula is C13H16N6O3S. The zero-order chi connectivity index (χ0) is 16.4. The number of nitrogens with one attached hydrogen (secondary N) is 2. The summed E-state index contributed by atoms with van der Waals surface area (Å²) in [6.45, 7) is 2.26. The molecule has 0 bridgehead atoms.